The zero-order valence-corrected chi connectivity index (χ0v) is 10.5. The normalized spacial score (nSPS) is 18.9. The standard InChI is InChI=1S/C13H16N4O2/c18-12(9-7-14-8-9)16-10-1-3-11(4-2-10)17-6-5-15-13(17)19/h1-4,9,14H,5-8H2,(H,15,19)(H,16,18). The van der Waals surface area contributed by atoms with E-state index in [9.17, 15) is 9.59 Å². The van der Waals surface area contributed by atoms with Crippen LogP contribution in [0.3, 0.4) is 0 Å². The van der Waals surface area contributed by atoms with E-state index < -0.39 is 0 Å². The van der Waals surface area contributed by atoms with E-state index in [4.69, 9.17) is 0 Å². The average molecular weight is 260 g/mol. The minimum atomic E-state index is -0.0719. The molecule has 2 fully saturated rings. The lowest BCUT2D eigenvalue weighted by molar-refractivity contribution is -0.121. The van der Waals surface area contributed by atoms with E-state index in [2.05, 4.69) is 16.0 Å². The molecule has 0 aliphatic carbocycles. The molecule has 2 aliphatic heterocycles. The molecule has 1 aromatic carbocycles. The van der Waals surface area contributed by atoms with Gasteiger partial charge in [-0.1, -0.05) is 0 Å². The van der Waals surface area contributed by atoms with Crippen LogP contribution in [0.1, 0.15) is 0 Å². The number of carbonyl (C=O) groups is 2. The predicted octanol–water partition coefficient (Wildman–Crippen LogP) is 0.374. The Hall–Kier alpha value is -2.08. The highest BCUT2D eigenvalue weighted by atomic mass is 16.2. The number of hydrogen-bond acceptors (Lipinski definition) is 3. The van der Waals surface area contributed by atoms with Crippen LogP contribution < -0.4 is 20.9 Å². The van der Waals surface area contributed by atoms with E-state index in [1.54, 1.807) is 4.90 Å². The van der Waals surface area contributed by atoms with Gasteiger partial charge in [-0.15, -0.1) is 0 Å². The highest BCUT2D eigenvalue weighted by molar-refractivity contribution is 5.95. The first-order chi connectivity index (χ1) is 9.24. The summed E-state index contributed by atoms with van der Waals surface area (Å²) in [7, 11) is 0. The van der Waals surface area contributed by atoms with E-state index in [0.29, 0.717) is 13.1 Å². The van der Waals surface area contributed by atoms with Crippen molar-refractivity contribution in [1.29, 1.82) is 0 Å². The third-order valence-corrected chi connectivity index (χ3v) is 3.46. The number of amides is 3. The van der Waals surface area contributed by atoms with E-state index in [-0.39, 0.29) is 17.9 Å². The number of benzene rings is 1. The average Bonchev–Trinajstić information content (AvgIpc) is 2.74. The minimum absolute atomic E-state index is 0.0467. The predicted molar refractivity (Wildman–Crippen MR) is 72.2 cm³/mol. The summed E-state index contributed by atoms with van der Waals surface area (Å²) in [5.74, 6) is 0.120. The molecule has 100 valence electrons. The molecule has 2 aliphatic rings. The Labute approximate surface area is 111 Å². The first-order valence-corrected chi connectivity index (χ1v) is 6.41. The molecule has 19 heavy (non-hydrogen) atoms. The van der Waals surface area contributed by atoms with Gasteiger partial charge in [0, 0.05) is 37.6 Å². The molecule has 0 aromatic heterocycles. The van der Waals surface area contributed by atoms with Crippen LogP contribution in [0.4, 0.5) is 16.2 Å². The van der Waals surface area contributed by atoms with Crippen molar-refractivity contribution in [2.75, 3.05) is 36.4 Å². The maximum atomic E-state index is 11.8. The first-order valence-electron chi connectivity index (χ1n) is 6.41. The summed E-state index contributed by atoms with van der Waals surface area (Å²) in [5, 5.41) is 8.70. The summed E-state index contributed by atoms with van der Waals surface area (Å²) < 4.78 is 0. The van der Waals surface area contributed by atoms with Gasteiger partial charge in [0.05, 0.1) is 5.92 Å². The monoisotopic (exact) mass is 260 g/mol. The Bertz CT molecular complexity index is 496. The molecule has 1 aromatic rings. The molecule has 0 bridgehead atoms. The Morgan fingerprint density at radius 1 is 1.26 bits per heavy atom. The van der Waals surface area contributed by atoms with Gasteiger partial charge < -0.3 is 16.0 Å². The second-order valence-electron chi connectivity index (χ2n) is 4.77. The molecule has 6 heteroatoms. The fourth-order valence-electron chi connectivity index (χ4n) is 2.16. The number of urea groups is 1. The number of hydrogen-bond donors (Lipinski definition) is 3. The van der Waals surface area contributed by atoms with Crippen LogP contribution in [0.25, 0.3) is 0 Å². The van der Waals surface area contributed by atoms with Crippen LogP contribution >= 0.6 is 0 Å². The number of nitrogens with zero attached hydrogens (tertiary/aromatic N) is 1. The van der Waals surface area contributed by atoms with Crippen LogP contribution in [0.5, 0.6) is 0 Å². The summed E-state index contributed by atoms with van der Waals surface area (Å²) in [6.07, 6.45) is 0. The van der Waals surface area contributed by atoms with Crippen molar-refractivity contribution >= 4 is 23.3 Å². The number of anilines is 2. The fraction of sp³-hybridized carbons (Fsp3) is 0.385. The molecule has 0 spiro atoms. The summed E-state index contributed by atoms with van der Waals surface area (Å²) in [6.45, 7) is 2.85. The number of carbonyl (C=O) groups excluding carboxylic acids is 2. The topological polar surface area (TPSA) is 73.5 Å². The lowest BCUT2D eigenvalue weighted by Crippen LogP contribution is -2.48. The van der Waals surface area contributed by atoms with Crippen LogP contribution in [0, 0.1) is 5.92 Å². The SMILES string of the molecule is O=C(Nc1ccc(N2CCNC2=O)cc1)C1CNC1. The fourth-order valence-corrected chi connectivity index (χ4v) is 2.16. The van der Waals surface area contributed by atoms with Crippen LogP contribution in [-0.2, 0) is 4.79 Å². The number of rotatable bonds is 3. The van der Waals surface area contributed by atoms with Crippen molar-refractivity contribution in [3.63, 3.8) is 0 Å². The lowest BCUT2D eigenvalue weighted by atomic mass is 10.0. The summed E-state index contributed by atoms with van der Waals surface area (Å²) in [4.78, 5) is 25.0. The maximum Gasteiger partial charge on any atom is 0.321 e. The van der Waals surface area contributed by atoms with E-state index in [1.165, 1.54) is 0 Å². The molecule has 3 amide bonds. The third-order valence-electron chi connectivity index (χ3n) is 3.46. The zero-order chi connectivity index (χ0) is 13.2. The Balaban J connectivity index is 1.65. The van der Waals surface area contributed by atoms with E-state index in [1.807, 2.05) is 24.3 Å². The van der Waals surface area contributed by atoms with Gasteiger partial charge in [0.1, 0.15) is 0 Å². The van der Waals surface area contributed by atoms with Gasteiger partial charge in [-0.2, -0.15) is 0 Å². The quantitative estimate of drug-likeness (QED) is 0.735. The largest absolute Gasteiger partial charge is 0.336 e. The molecule has 3 N–H and O–H groups in total. The highest BCUT2D eigenvalue weighted by Crippen LogP contribution is 2.20. The lowest BCUT2D eigenvalue weighted by Gasteiger charge is -2.25. The molecule has 0 saturated carbocycles. The van der Waals surface area contributed by atoms with Crippen molar-refractivity contribution in [1.82, 2.24) is 10.6 Å². The molecular formula is C13H16N4O2. The van der Waals surface area contributed by atoms with E-state index >= 15 is 0 Å². The molecule has 3 rings (SSSR count). The Kier molecular flexibility index (Phi) is 3.08. The molecule has 0 atom stereocenters. The molecular weight excluding hydrogens is 244 g/mol. The van der Waals surface area contributed by atoms with Crippen LogP contribution in [-0.4, -0.2) is 38.1 Å². The summed E-state index contributed by atoms with van der Waals surface area (Å²) in [6, 6.07) is 7.27. The maximum absolute atomic E-state index is 11.8. The smallest absolute Gasteiger partial charge is 0.321 e. The van der Waals surface area contributed by atoms with Gasteiger partial charge in [0.25, 0.3) is 0 Å². The summed E-state index contributed by atoms with van der Waals surface area (Å²) in [5.41, 5.74) is 1.61. The van der Waals surface area contributed by atoms with Gasteiger partial charge in [-0.05, 0) is 24.3 Å². The molecule has 2 heterocycles. The third kappa shape index (κ3) is 2.39. The molecule has 0 radical (unpaired) electrons. The van der Waals surface area contributed by atoms with Gasteiger partial charge in [-0.3, -0.25) is 9.69 Å². The van der Waals surface area contributed by atoms with Crippen molar-refractivity contribution in [2.24, 2.45) is 5.92 Å². The van der Waals surface area contributed by atoms with Gasteiger partial charge in [0.2, 0.25) is 5.91 Å². The van der Waals surface area contributed by atoms with Crippen LogP contribution in [0.15, 0.2) is 24.3 Å². The van der Waals surface area contributed by atoms with Crippen molar-refractivity contribution in [3.05, 3.63) is 24.3 Å². The Morgan fingerprint density at radius 2 is 2.00 bits per heavy atom. The zero-order valence-electron chi connectivity index (χ0n) is 10.5. The van der Waals surface area contributed by atoms with Crippen molar-refractivity contribution in [2.45, 2.75) is 0 Å². The second kappa shape index (κ2) is 4.89. The molecule has 6 nitrogen and oxygen atoms in total. The van der Waals surface area contributed by atoms with Crippen molar-refractivity contribution in [3.8, 4) is 0 Å². The Morgan fingerprint density at radius 3 is 2.53 bits per heavy atom. The minimum Gasteiger partial charge on any atom is -0.336 e. The van der Waals surface area contributed by atoms with Gasteiger partial charge in [-0.25, -0.2) is 4.79 Å². The molecule has 0 unspecified atom stereocenters. The van der Waals surface area contributed by atoms with Crippen LogP contribution in [0.2, 0.25) is 0 Å². The van der Waals surface area contributed by atoms with Gasteiger partial charge in [0.15, 0.2) is 0 Å². The number of nitrogens with one attached hydrogen (secondary N) is 3. The van der Waals surface area contributed by atoms with Gasteiger partial charge >= 0.3 is 6.03 Å². The van der Waals surface area contributed by atoms with Crippen molar-refractivity contribution < 1.29 is 9.59 Å². The summed E-state index contributed by atoms with van der Waals surface area (Å²) >= 11 is 0. The molecule has 2 saturated heterocycles. The first kappa shape index (κ1) is 12.0. The van der Waals surface area contributed by atoms with E-state index in [0.717, 1.165) is 24.5 Å². The second-order valence-corrected chi connectivity index (χ2v) is 4.77. The highest BCUT2D eigenvalue weighted by Gasteiger charge is 2.25.